The number of hydrogen-bond donors (Lipinski definition) is 6. The second kappa shape index (κ2) is 28.5. The van der Waals surface area contributed by atoms with Crippen LogP contribution >= 0.6 is 0 Å². The number of aliphatic hydroxyl groups excluding tert-OH is 4. The third kappa shape index (κ3) is 14.4. The lowest BCUT2D eigenvalue weighted by atomic mass is 9.49. The van der Waals surface area contributed by atoms with Gasteiger partial charge < -0.3 is 93.1 Å². The van der Waals surface area contributed by atoms with Gasteiger partial charge in [-0.3, -0.25) is 14.4 Å². The molecule has 7 fully saturated rings. The van der Waals surface area contributed by atoms with Crippen LogP contribution in [0.4, 0.5) is 4.79 Å². The molecule has 1 amide bonds. The van der Waals surface area contributed by atoms with Gasteiger partial charge in [-0.1, -0.05) is 64.5 Å². The highest BCUT2D eigenvalue weighted by Gasteiger charge is 2.65. The van der Waals surface area contributed by atoms with Gasteiger partial charge in [-0.25, -0.2) is 9.59 Å². The molecule has 24 heteroatoms. The third-order valence-corrected chi connectivity index (χ3v) is 21.8. The summed E-state index contributed by atoms with van der Waals surface area (Å²) >= 11 is 0. The Hall–Kier alpha value is -4.51. The first-order chi connectivity index (χ1) is 43.9. The minimum atomic E-state index is -2.13. The number of esters is 2. The fourth-order valence-electron chi connectivity index (χ4n) is 16.9. The summed E-state index contributed by atoms with van der Waals surface area (Å²) in [5.74, 6) is -6.32. The van der Waals surface area contributed by atoms with E-state index in [1.807, 2.05) is 46.8 Å². The molecule has 0 aromatic rings. The number of nitrogens with two attached hydrogens (primary N) is 1. The van der Waals surface area contributed by atoms with Crippen molar-refractivity contribution in [3.05, 3.63) is 58.4 Å². The van der Waals surface area contributed by atoms with Crippen molar-refractivity contribution in [3.63, 3.8) is 0 Å². The van der Waals surface area contributed by atoms with Crippen LogP contribution in [0.1, 0.15) is 154 Å². The van der Waals surface area contributed by atoms with Gasteiger partial charge in [0.15, 0.2) is 43.2 Å². The van der Waals surface area contributed by atoms with Crippen LogP contribution in [0, 0.1) is 46.8 Å². The maximum Gasteiger partial charge on any atom is 0.407 e. The van der Waals surface area contributed by atoms with Crippen molar-refractivity contribution in [2.75, 3.05) is 7.11 Å². The molecular weight excluding hydrogens is 1210 g/mol. The number of ether oxygens (including phenoxy) is 13. The highest BCUT2D eigenvalue weighted by atomic mass is 16.8. The Morgan fingerprint density at radius 1 is 0.710 bits per heavy atom. The molecule has 6 heterocycles. The van der Waals surface area contributed by atoms with Crippen LogP contribution in [-0.2, 0) is 80.8 Å². The van der Waals surface area contributed by atoms with Crippen molar-refractivity contribution in [1.29, 1.82) is 0 Å². The molecule has 6 saturated heterocycles. The number of amides is 1. The topological polar surface area (TPSA) is 324 Å². The molecule has 1 spiro atoms. The van der Waals surface area contributed by atoms with Crippen LogP contribution in [0.5, 0.6) is 0 Å². The predicted octanol–water partition coefficient (Wildman–Crippen LogP) is 6.68. The molecule has 10 rings (SSSR count). The van der Waals surface area contributed by atoms with Crippen molar-refractivity contribution in [1.82, 2.24) is 5.32 Å². The smallest absolute Gasteiger partial charge is 0.407 e. The van der Waals surface area contributed by atoms with Gasteiger partial charge in [0.1, 0.15) is 29.8 Å². The number of aliphatic hydroxyl groups is 4. The minimum absolute atomic E-state index is 0.0475. The molecule has 0 aromatic heterocycles. The summed E-state index contributed by atoms with van der Waals surface area (Å²) in [6, 6.07) is -0.639. The van der Waals surface area contributed by atoms with E-state index in [2.05, 4.69) is 25.2 Å². The molecule has 1 unspecified atom stereocenters. The van der Waals surface area contributed by atoms with E-state index in [1.54, 1.807) is 47.6 Å². The number of hydrogen-bond acceptors (Lipinski definition) is 23. The number of nitrogens with one attached hydrogen (secondary N) is 1. The zero-order chi connectivity index (χ0) is 67.5. The van der Waals surface area contributed by atoms with Crippen LogP contribution in [-0.4, -0.2) is 192 Å². The number of methoxy groups -OCH3 is 1. The number of rotatable bonds is 14. The number of ketones is 1. The number of fused-ring (bicyclic) bond motifs is 4. The molecule has 10 aliphatic rings. The van der Waals surface area contributed by atoms with E-state index in [0.29, 0.717) is 44.0 Å². The average molecular weight is 1310 g/mol. The van der Waals surface area contributed by atoms with E-state index in [4.69, 9.17) is 67.3 Å². The Balaban J connectivity index is 0.906. The fourth-order valence-corrected chi connectivity index (χ4v) is 16.9. The molecule has 0 radical (unpaired) electrons. The summed E-state index contributed by atoms with van der Waals surface area (Å²) < 4.78 is 82.6. The lowest BCUT2D eigenvalue weighted by Gasteiger charge is -2.56. The molecule has 24 nitrogen and oxygen atoms in total. The van der Waals surface area contributed by atoms with Gasteiger partial charge in [0.25, 0.3) is 0 Å². The van der Waals surface area contributed by atoms with E-state index in [-0.39, 0.29) is 49.5 Å². The van der Waals surface area contributed by atoms with E-state index in [9.17, 15) is 39.6 Å². The molecule has 6 aliphatic heterocycles. The van der Waals surface area contributed by atoms with Crippen molar-refractivity contribution in [2.24, 2.45) is 52.6 Å². The van der Waals surface area contributed by atoms with Crippen molar-refractivity contribution in [3.8, 4) is 0 Å². The molecule has 4 aliphatic carbocycles. The maximum atomic E-state index is 15.6. The maximum absolute atomic E-state index is 15.6. The molecule has 520 valence electrons. The Labute approximate surface area is 545 Å². The van der Waals surface area contributed by atoms with E-state index in [0.717, 1.165) is 5.57 Å². The Bertz CT molecular complexity index is 2900. The molecule has 93 heavy (non-hydrogen) atoms. The van der Waals surface area contributed by atoms with Gasteiger partial charge in [0, 0.05) is 61.3 Å². The van der Waals surface area contributed by atoms with Crippen molar-refractivity contribution in [2.45, 2.75) is 288 Å². The third-order valence-electron chi connectivity index (χ3n) is 21.8. The summed E-state index contributed by atoms with van der Waals surface area (Å²) in [4.78, 5) is 68.8. The first-order valence-corrected chi connectivity index (χ1v) is 33.7. The molecule has 29 atom stereocenters. The Kier molecular flexibility index (Phi) is 21.9. The van der Waals surface area contributed by atoms with Gasteiger partial charge in [-0.15, -0.1) is 0 Å². The lowest BCUT2D eigenvalue weighted by molar-refractivity contribution is -0.331. The largest absolute Gasteiger partial charge is 0.511 e. The van der Waals surface area contributed by atoms with Crippen molar-refractivity contribution < 1.29 is 106 Å². The number of Topliss-reactive ketones (excluding diaryl/α,β-unsaturated/α-hetero) is 1. The summed E-state index contributed by atoms with van der Waals surface area (Å²) in [5.41, 5.74) is 3.19. The van der Waals surface area contributed by atoms with Crippen molar-refractivity contribution >= 4 is 30.1 Å². The molecule has 1 saturated carbocycles. The number of carbonyl (C=O) groups is 5. The first-order valence-electron chi connectivity index (χ1n) is 33.7. The number of alkyl carbamates (subject to hydrolysis) is 1. The number of allylic oxidation sites excluding steroid dienone is 3. The number of carbonyl (C=O) groups excluding carboxylic acids is 5. The minimum Gasteiger partial charge on any atom is -0.511 e. The SMILES string of the molecule is COC(=O)N[C@H]1[C@@H](C)O[C@@H](O[C@H]2C/C=C(\C)C3C=C[C@@H]4[C@@H](O[C@H]5C[C@H](O[C@@H]6CC[C@@H](O[C@H]7C[C@H](O)[C@H](O[C@H]8CC[C@@H](O)[C@H](C)O8)[C@@H](C)O7)[C@H](C)O6)[C@@H](OC(=O)C(C)C)[C@H](C)O5)[C@@H](C)C[C@H](C)[C@H]4[C@]3(C)/C(O)=C3/C(=O)O[C@]4(CC(C=O)=C[C@H](O)[C@H]4/C=C/2C)C3=O)C[C@]1(C)N. The van der Waals surface area contributed by atoms with Crippen LogP contribution in [0.25, 0.3) is 0 Å². The predicted molar refractivity (Wildman–Crippen MR) is 332 cm³/mol. The van der Waals surface area contributed by atoms with E-state index in [1.165, 1.54) is 13.2 Å². The van der Waals surface area contributed by atoms with Gasteiger partial charge >= 0.3 is 18.0 Å². The zero-order valence-electron chi connectivity index (χ0n) is 56.3. The highest BCUT2D eigenvalue weighted by molar-refractivity contribution is 6.26. The quantitative estimate of drug-likeness (QED) is 0.0347. The van der Waals surface area contributed by atoms with E-state index < -0.39 is 204 Å². The Morgan fingerprint density at radius 3 is 2.00 bits per heavy atom. The average Bonchev–Trinajstić information content (AvgIpc) is 1.69. The monoisotopic (exact) mass is 1310 g/mol. The summed E-state index contributed by atoms with van der Waals surface area (Å²) in [5, 5.41) is 49.5. The second-order valence-corrected chi connectivity index (χ2v) is 29.1. The van der Waals surface area contributed by atoms with Crippen LogP contribution in [0.2, 0.25) is 0 Å². The van der Waals surface area contributed by atoms with Gasteiger partial charge in [-0.2, -0.15) is 0 Å². The van der Waals surface area contributed by atoms with Gasteiger partial charge in [-0.05, 0) is 116 Å². The fraction of sp³-hybridized carbons (Fsp3) is 0.783. The summed E-state index contributed by atoms with van der Waals surface area (Å²) in [7, 11) is 1.26. The van der Waals surface area contributed by atoms with Gasteiger partial charge in [0.2, 0.25) is 5.78 Å². The highest BCUT2D eigenvalue weighted by Crippen LogP contribution is 2.61. The summed E-state index contributed by atoms with van der Waals surface area (Å²) in [6.07, 6.45) is -1.73. The standard InChI is InChI=1S/C69H102N2O22/c1-31(2)64(78)92-60-39(10)85-54(27-50(60)89-51-22-20-49(37(8)83-51)88-53-26-47(75)59(38(9)84-53)90-52-21-18-45(73)36(7)82-52)91-58-35(6)23-34(5)57-42(58)16-17-43-32(3)15-19-48(87-55-29-67(12,70)61(40(11)86-55)71-66(80)81-14)33(4)24-44-46(74)25-41(30-72)28-69(44)63(77)56(65(79)93-69)62(76)68(43,57)13/h15-17,24-25,30-31,34-40,42-55,57-61,73-76H,18-23,26-29,70H2,1-14H3,(H,71,80)/b32-15+,33-24+,62-56-/t34-,35-,36-,37-,38+,39-,40+,42-,43?,44+,45+,46-,47-,48-,49+,50-,51+,52-,53-,54-,55-,57+,58-,59+,60-,61-,67-,68+,69-/m0/s1. The second-order valence-electron chi connectivity index (χ2n) is 29.1. The lowest BCUT2D eigenvalue weighted by Crippen LogP contribution is -2.66. The molecular formula is C69H102N2O22. The van der Waals surface area contributed by atoms with Crippen LogP contribution in [0.15, 0.2) is 58.4 Å². The van der Waals surface area contributed by atoms with Crippen LogP contribution < -0.4 is 11.1 Å². The van der Waals surface area contributed by atoms with Gasteiger partial charge in [0.05, 0.1) is 92.1 Å². The summed E-state index contributed by atoms with van der Waals surface area (Å²) in [6.45, 7) is 24.2. The van der Waals surface area contributed by atoms with E-state index >= 15 is 4.79 Å². The first kappa shape index (κ1) is 71.3. The zero-order valence-corrected chi connectivity index (χ0v) is 56.3. The normalized spacial score (nSPS) is 48.3. The van der Waals surface area contributed by atoms with Crippen LogP contribution in [0.3, 0.4) is 0 Å². The molecule has 7 N–H and O–H groups in total. The molecule has 0 aromatic carbocycles. The molecule has 2 bridgehead atoms. The number of aldehydes is 1. The Morgan fingerprint density at radius 2 is 1.34 bits per heavy atom.